The van der Waals surface area contributed by atoms with Gasteiger partial charge < -0.3 is 4.74 Å². The summed E-state index contributed by atoms with van der Waals surface area (Å²) in [6.45, 7) is 10.6. The van der Waals surface area contributed by atoms with Gasteiger partial charge in [-0.3, -0.25) is 9.80 Å². The third-order valence-electron chi connectivity index (χ3n) is 4.83. The molecule has 0 aliphatic carbocycles. The number of hydrogen-bond donors (Lipinski definition) is 0. The second kappa shape index (κ2) is 8.84. The van der Waals surface area contributed by atoms with E-state index in [9.17, 15) is 0 Å². The van der Waals surface area contributed by atoms with E-state index in [0.29, 0.717) is 12.6 Å². The van der Waals surface area contributed by atoms with Crippen LogP contribution in [0.3, 0.4) is 0 Å². The molecule has 0 aromatic heterocycles. The average molecular weight is 403 g/mol. The number of halogens is 1. The number of nitrogens with zero attached hydrogens (tertiary/aromatic N) is 2. The van der Waals surface area contributed by atoms with Gasteiger partial charge in [-0.1, -0.05) is 52.3 Å². The Kier molecular flexibility index (Phi) is 6.51. The zero-order valence-electron chi connectivity index (χ0n) is 15.1. The lowest BCUT2D eigenvalue weighted by molar-refractivity contribution is 0.103. The zero-order chi connectivity index (χ0) is 17.6. The lowest BCUT2D eigenvalue weighted by Gasteiger charge is -2.37. The summed E-state index contributed by atoms with van der Waals surface area (Å²) in [5.74, 6) is 0.976. The van der Waals surface area contributed by atoms with Gasteiger partial charge in [0.05, 0.1) is 0 Å². The van der Waals surface area contributed by atoms with E-state index >= 15 is 0 Å². The molecule has 1 aliphatic rings. The van der Waals surface area contributed by atoms with E-state index in [1.54, 1.807) is 0 Å². The summed E-state index contributed by atoms with van der Waals surface area (Å²) in [4.78, 5) is 5.07. The van der Waals surface area contributed by atoms with Crippen LogP contribution >= 0.6 is 15.9 Å². The topological polar surface area (TPSA) is 15.7 Å². The molecule has 0 unspecified atom stereocenters. The van der Waals surface area contributed by atoms with Crippen molar-refractivity contribution in [1.29, 1.82) is 0 Å². The van der Waals surface area contributed by atoms with Gasteiger partial charge >= 0.3 is 0 Å². The highest BCUT2D eigenvalue weighted by molar-refractivity contribution is 9.10. The lowest BCUT2D eigenvalue weighted by atomic mass is 10.1. The molecular weight excluding hydrogens is 376 g/mol. The fraction of sp³-hybridized carbons (Fsp3) is 0.429. The van der Waals surface area contributed by atoms with E-state index in [-0.39, 0.29) is 0 Å². The number of hydrogen-bond acceptors (Lipinski definition) is 3. The van der Waals surface area contributed by atoms with E-state index in [1.165, 1.54) is 11.1 Å². The quantitative estimate of drug-likeness (QED) is 0.704. The Morgan fingerprint density at radius 3 is 2.36 bits per heavy atom. The van der Waals surface area contributed by atoms with Crippen LogP contribution < -0.4 is 4.74 Å². The Morgan fingerprint density at radius 2 is 1.68 bits per heavy atom. The summed E-state index contributed by atoms with van der Waals surface area (Å²) >= 11 is 3.72. The van der Waals surface area contributed by atoms with Gasteiger partial charge in [-0.25, -0.2) is 0 Å². The predicted molar refractivity (Wildman–Crippen MR) is 107 cm³/mol. The van der Waals surface area contributed by atoms with Crippen LogP contribution in [0.2, 0.25) is 0 Å². The van der Waals surface area contributed by atoms with Crippen molar-refractivity contribution in [2.75, 3.05) is 26.2 Å². The van der Waals surface area contributed by atoms with Gasteiger partial charge in [0.2, 0.25) is 0 Å². The van der Waals surface area contributed by atoms with Crippen molar-refractivity contribution in [2.24, 2.45) is 0 Å². The van der Waals surface area contributed by atoms with Gasteiger partial charge in [-0.05, 0) is 31.5 Å². The van der Waals surface area contributed by atoms with Crippen molar-refractivity contribution in [3.63, 3.8) is 0 Å². The van der Waals surface area contributed by atoms with E-state index in [1.807, 2.05) is 12.1 Å². The summed E-state index contributed by atoms with van der Waals surface area (Å²) in [5.41, 5.74) is 2.44. The molecule has 0 bridgehead atoms. The second-order valence-corrected chi connectivity index (χ2v) is 7.75. The molecule has 1 saturated heterocycles. The van der Waals surface area contributed by atoms with E-state index in [4.69, 9.17) is 4.74 Å². The van der Waals surface area contributed by atoms with Crippen LogP contribution in [0.5, 0.6) is 5.75 Å². The monoisotopic (exact) mass is 402 g/mol. The Morgan fingerprint density at radius 1 is 0.960 bits per heavy atom. The molecule has 25 heavy (non-hydrogen) atoms. The van der Waals surface area contributed by atoms with Gasteiger partial charge in [0.15, 0.2) is 0 Å². The van der Waals surface area contributed by atoms with Crippen LogP contribution in [-0.2, 0) is 13.2 Å². The molecule has 2 aromatic carbocycles. The minimum Gasteiger partial charge on any atom is -0.489 e. The van der Waals surface area contributed by atoms with Crippen molar-refractivity contribution >= 4 is 15.9 Å². The van der Waals surface area contributed by atoms with Gasteiger partial charge in [0.1, 0.15) is 12.4 Å². The first-order valence-corrected chi connectivity index (χ1v) is 9.83. The van der Waals surface area contributed by atoms with Crippen molar-refractivity contribution in [3.8, 4) is 5.75 Å². The Hall–Kier alpha value is -1.36. The van der Waals surface area contributed by atoms with Crippen molar-refractivity contribution in [1.82, 2.24) is 9.80 Å². The molecule has 0 amide bonds. The highest BCUT2D eigenvalue weighted by Gasteiger charge is 2.20. The van der Waals surface area contributed by atoms with Crippen molar-refractivity contribution in [3.05, 3.63) is 64.1 Å². The molecule has 3 nitrogen and oxygen atoms in total. The number of rotatable bonds is 6. The molecule has 2 aromatic rings. The van der Waals surface area contributed by atoms with E-state index in [2.05, 4.69) is 76.0 Å². The molecule has 4 heteroatoms. The number of piperazine rings is 1. The van der Waals surface area contributed by atoms with Crippen molar-refractivity contribution in [2.45, 2.75) is 33.0 Å². The Labute approximate surface area is 159 Å². The van der Waals surface area contributed by atoms with Crippen LogP contribution in [-0.4, -0.2) is 42.0 Å². The molecule has 1 aliphatic heterocycles. The van der Waals surface area contributed by atoms with Crippen LogP contribution in [0.25, 0.3) is 0 Å². The summed E-state index contributed by atoms with van der Waals surface area (Å²) in [5, 5.41) is 0. The molecule has 3 rings (SSSR count). The standard InChI is InChI=1S/C21H27BrN2O/c1-17(2)24-13-11-23(12-14-24)15-19-20(22)9-6-10-21(19)25-16-18-7-4-3-5-8-18/h3-10,17H,11-16H2,1-2H3. The minimum atomic E-state index is 0.603. The van der Waals surface area contributed by atoms with Gasteiger partial charge in [0, 0.05) is 48.8 Å². The third kappa shape index (κ3) is 5.06. The first-order valence-electron chi connectivity index (χ1n) is 9.04. The molecule has 0 spiro atoms. The van der Waals surface area contributed by atoms with Crippen molar-refractivity contribution < 1.29 is 4.74 Å². The molecule has 1 fully saturated rings. The van der Waals surface area contributed by atoms with Gasteiger partial charge in [-0.2, -0.15) is 0 Å². The minimum absolute atomic E-state index is 0.603. The molecule has 1 heterocycles. The first-order chi connectivity index (χ1) is 12.1. The number of benzene rings is 2. The Balaban J connectivity index is 1.65. The fourth-order valence-electron chi connectivity index (χ4n) is 3.22. The van der Waals surface area contributed by atoms with Crippen LogP contribution in [0.4, 0.5) is 0 Å². The predicted octanol–water partition coefficient (Wildman–Crippen LogP) is 4.55. The average Bonchev–Trinajstić information content (AvgIpc) is 2.63. The van der Waals surface area contributed by atoms with E-state index in [0.717, 1.165) is 42.9 Å². The van der Waals surface area contributed by atoms with Crippen LogP contribution in [0.1, 0.15) is 25.0 Å². The first kappa shape index (κ1) is 18.4. The maximum atomic E-state index is 6.14. The number of ether oxygens (including phenoxy) is 1. The maximum absolute atomic E-state index is 6.14. The summed E-state index contributed by atoms with van der Waals surface area (Å²) in [6.07, 6.45) is 0. The normalized spacial score (nSPS) is 16.3. The summed E-state index contributed by atoms with van der Waals surface area (Å²) < 4.78 is 7.27. The van der Waals surface area contributed by atoms with Crippen LogP contribution in [0, 0.1) is 0 Å². The molecule has 0 saturated carbocycles. The van der Waals surface area contributed by atoms with Gasteiger partial charge in [-0.15, -0.1) is 0 Å². The van der Waals surface area contributed by atoms with E-state index < -0.39 is 0 Å². The van der Waals surface area contributed by atoms with Crippen LogP contribution in [0.15, 0.2) is 53.0 Å². The summed E-state index contributed by atoms with van der Waals surface area (Å²) in [7, 11) is 0. The zero-order valence-corrected chi connectivity index (χ0v) is 16.7. The molecule has 134 valence electrons. The maximum Gasteiger partial charge on any atom is 0.125 e. The smallest absolute Gasteiger partial charge is 0.125 e. The molecule has 0 atom stereocenters. The third-order valence-corrected chi connectivity index (χ3v) is 5.57. The largest absolute Gasteiger partial charge is 0.489 e. The van der Waals surface area contributed by atoms with Gasteiger partial charge in [0.25, 0.3) is 0 Å². The second-order valence-electron chi connectivity index (χ2n) is 6.90. The molecule has 0 radical (unpaired) electrons. The Bertz CT molecular complexity index is 667. The molecule has 0 N–H and O–H groups in total. The highest BCUT2D eigenvalue weighted by atomic mass is 79.9. The highest BCUT2D eigenvalue weighted by Crippen LogP contribution is 2.29. The SMILES string of the molecule is CC(C)N1CCN(Cc2c(Br)cccc2OCc2ccccc2)CC1. The molecular formula is C21H27BrN2O. The lowest BCUT2D eigenvalue weighted by Crippen LogP contribution is -2.48. The fourth-order valence-corrected chi connectivity index (χ4v) is 3.70. The summed E-state index contributed by atoms with van der Waals surface area (Å²) in [6, 6.07) is 17.2.